The number of rotatable bonds is 2. The minimum Gasteiger partial charge on any atom is -0.397 e. The first kappa shape index (κ1) is 11.6. The standard InChI is InChI=1S/C11H13ClN2OS/c12-8-1-2-10(9(13)5-8)14-11(15)7-3-4-16-6-7/h1-2,5,7H,3-4,6,13H2,(H,14,15). The van der Waals surface area contributed by atoms with Crippen molar-refractivity contribution in [3.63, 3.8) is 0 Å². The molecule has 1 aromatic carbocycles. The topological polar surface area (TPSA) is 55.1 Å². The lowest BCUT2D eigenvalue weighted by atomic mass is 10.1. The number of thioether (sulfide) groups is 1. The van der Waals surface area contributed by atoms with Crippen molar-refractivity contribution in [1.82, 2.24) is 0 Å². The molecule has 1 fully saturated rings. The fraction of sp³-hybridized carbons (Fsp3) is 0.364. The average molecular weight is 257 g/mol. The minimum atomic E-state index is 0.0547. The molecule has 16 heavy (non-hydrogen) atoms. The third kappa shape index (κ3) is 2.62. The van der Waals surface area contributed by atoms with Gasteiger partial charge in [-0.05, 0) is 30.4 Å². The predicted octanol–water partition coefficient (Wildman–Crippen LogP) is 2.61. The fourth-order valence-corrected chi connectivity index (χ4v) is 3.02. The van der Waals surface area contributed by atoms with Crippen LogP contribution < -0.4 is 11.1 Å². The van der Waals surface area contributed by atoms with E-state index in [-0.39, 0.29) is 11.8 Å². The van der Waals surface area contributed by atoms with E-state index in [2.05, 4.69) is 5.32 Å². The second kappa shape index (κ2) is 4.97. The van der Waals surface area contributed by atoms with Crippen molar-refractivity contribution in [1.29, 1.82) is 0 Å². The van der Waals surface area contributed by atoms with Crippen molar-refractivity contribution < 1.29 is 4.79 Å². The van der Waals surface area contributed by atoms with Crippen molar-refractivity contribution >= 4 is 40.6 Å². The number of nitrogen functional groups attached to an aromatic ring is 1. The molecular weight excluding hydrogens is 244 g/mol. The van der Waals surface area contributed by atoms with E-state index in [9.17, 15) is 4.79 Å². The summed E-state index contributed by atoms with van der Waals surface area (Å²) in [6.07, 6.45) is 0.948. The van der Waals surface area contributed by atoms with Gasteiger partial charge in [0.25, 0.3) is 0 Å². The Morgan fingerprint density at radius 2 is 2.38 bits per heavy atom. The highest BCUT2D eigenvalue weighted by Gasteiger charge is 2.23. The smallest absolute Gasteiger partial charge is 0.228 e. The summed E-state index contributed by atoms with van der Waals surface area (Å²) in [7, 11) is 0. The lowest BCUT2D eigenvalue weighted by Gasteiger charge is -2.11. The molecule has 0 aliphatic carbocycles. The summed E-state index contributed by atoms with van der Waals surface area (Å²) in [5.74, 6) is 2.13. The molecule has 3 nitrogen and oxygen atoms in total. The summed E-state index contributed by atoms with van der Waals surface area (Å²) in [5, 5.41) is 3.42. The molecule has 1 aromatic rings. The monoisotopic (exact) mass is 256 g/mol. The number of carbonyl (C=O) groups is 1. The summed E-state index contributed by atoms with van der Waals surface area (Å²) in [5.41, 5.74) is 6.91. The third-order valence-electron chi connectivity index (χ3n) is 2.57. The summed E-state index contributed by atoms with van der Waals surface area (Å²) in [4.78, 5) is 11.8. The average Bonchev–Trinajstić information content (AvgIpc) is 2.75. The van der Waals surface area contributed by atoms with Crippen molar-refractivity contribution in [2.24, 2.45) is 5.92 Å². The van der Waals surface area contributed by atoms with Crippen LogP contribution in [-0.2, 0) is 4.79 Å². The maximum absolute atomic E-state index is 11.8. The van der Waals surface area contributed by atoms with E-state index in [0.29, 0.717) is 16.4 Å². The molecule has 86 valence electrons. The zero-order chi connectivity index (χ0) is 11.5. The van der Waals surface area contributed by atoms with Gasteiger partial charge in [-0.2, -0.15) is 11.8 Å². The van der Waals surface area contributed by atoms with Crippen LogP contribution in [0.15, 0.2) is 18.2 Å². The molecule has 0 bridgehead atoms. The summed E-state index contributed by atoms with van der Waals surface area (Å²) in [6.45, 7) is 0. The van der Waals surface area contributed by atoms with Gasteiger partial charge in [-0.3, -0.25) is 4.79 Å². The number of hydrogen-bond acceptors (Lipinski definition) is 3. The van der Waals surface area contributed by atoms with E-state index >= 15 is 0 Å². The molecule has 1 aliphatic rings. The summed E-state index contributed by atoms with van der Waals surface area (Å²) < 4.78 is 0. The molecule has 0 saturated carbocycles. The zero-order valence-corrected chi connectivity index (χ0v) is 10.3. The lowest BCUT2D eigenvalue weighted by Crippen LogP contribution is -2.22. The van der Waals surface area contributed by atoms with Crippen LogP contribution in [0.2, 0.25) is 5.02 Å². The quantitative estimate of drug-likeness (QED) is 0.800. The van der Waals surface area contributed by atoms with Crippen LogP contribution in [0, 0.1) is 5.92 Å². The maximum Gasteiger partial charge on any atom is 0.228 e. The first-order chi connectivity index (χ1) is 7.66. The highest BCUT2D eigenvalue weighted by molar-refractivity contribution is 7.99. The summed E-state index contributed by atoms with van der Waals surface area (Å²) >= 11 is 7.60. The molecule has 0 radical (unpaired) electrons. The zero-order valence-electron chi connectivity index (χ0n) is 8.70. The molecular formula is C11H13ClN2OS. The number of nitrogens with one attached hydrogen (secondary N) is 1. The number of anilines is 2. The van der Waals surface area contributed by atoms with Gasteiger partial charge in [0.05, 0.1) is 11.4 Å². The Kier molecular flexibility index (Phi) is 3.61. The molecule has 3 N–H and O–H groups in total. The second-order valence-electron chi connectivity index (χ2n) is 3.78. The van der Waals surface area contributed by atoms with Gasteiger partial charge in [-0.25, -0.2) is 0 Å². The van der Waals surface area contributed by atoms with Gasteiger partial charge in [0.1, 0.15) is 0 Å². The first-order valence-corrected chi connectivity index (χ1v) is 6.64. The number of carbonyl (C=O) groups excluding carboxylic acids is 1. The van der Waals surface area contributed by atoms with Gasteiger partial charge in [-0.1, -0.05) is 11.6 Å². The number of hydrogen-bond donors (Lipinski definition) is 2. The minimum absolute atomic E-state index is 0.0547. The maximum atomic E-state index is 11.8. The molecule has 2 rings (SSSR count). The van der Waals surface area contributed by atoms with Gasteiger partial charge >= 0.3 is 0 Å². The van der Waals surface area contributed by atoms with E-state index in [0.717, 1.165) is 17.9 Å². The van der Waals surface area contributed by atoms with Crippen LogP contribution in [-0.4, -0.2) is 17.4 Å². The van der Waals surface area contributed by atoms with Crippen LogP contribution >= 0.6 is 23.4 Å². The Labute approximate surface area is 104 Å². The SMILES string of the molecule is Nc1cc(Cl)ccc1NC(=O)C1CCSC1. The second-order valence-corrected chi connectivity index (χ2v) is 5.37. The third-order valence-corrected chi connectivity index (χ3v) is 3.97. The van der Waals surface area contributed by atoms with E-state index < -0.39 is 0 Å². The Morgan fingerprint density at radius 3 is 3.00 bits per heavy atom. The molecule has 1 amide bonds. The van der Waals surface area contributed by atoms with Crippen molar-refractivity contribution in [2.45, 2.75) is 6.42 Å². The van der Waals surface area contributed by atoms with Crippen LogP contribution in [0.5, 0.6) is 0 Å². The normalized spacial score (nSPS) is 19.7. The molecule has 0 spiro atoms. The Balaban J connectivity index is 2.05. The number of amides is 1. The van der Waals surface area contributed by atoms with E-state index in [4.69, 9.17) is 17.3 Å². The predicted molar refractivity (Wildman–Crippen MR) is 69.9 cm³/mol. The Morgan fingerprint density at radius 1 is 1.56 bits per heavy atom. The molecule has 5 heteroatoms. The summed E-state index contributed by atoms with van der Waals surface area (Å²) in [6, 6.07) is 5.09. The van der Waals surface area contributed by atoms with Crippen molar-refractivity contribution in [3.8, 4) is 0 Å². The lowest BCUT2D eigenvalue weighted by molar-refractivity contribution is -0.119. The molecule has 1 aliphatic heterocycles. The van der Waals surface area contributed by atoms with E-state index in [1.165, 1.54) is 0 Å². The first-order valence-electron chi connectivity index (χ1n) is 5.10. The highest BCUT2D eigenvalue weighted by Crippen LogP contribution is 2.27. The van der Waals surface area contributed by atoms with Crippen LogP contribution in [0.1, 0.15) is 6.42 Å². The fourth-order valence-electron chi connectivity index (χ4n) is 1.62. The van der Waals surface area contributed by atoms with Crippen molar-refractivity contribution in [3.05, 3.63) is 23.2 Å². The largest absolute Gasteiger partial charge is 0.397 e. The van der Waals surface area contributed by atoms with E-state index in [1.807, 2.05) is 11.8 Å². The van der Waals surface area contributed by atoms with Crippen LogP contribution in [0.3, 0.4) is 0 Å². The molecule has 1 saturated heterocycles. The van der Waals surface area contributed by atoms with Gasteiger partial charge in [0.15, 0.2) is 0 Å². The van der Waals surface area contributed by atoms with Gasteiger partial charge in [0.2, 0.25) is 5.91 Å². The molecule has 1 unspecified atom stereocenters. The molecule has 1 heterocycles. The highest BCUT2D eigenvalue weighted by atomic mass is 35.5. The van der Waals surface area contributed by atoms with Crippen molar-refractivity contribution in [2.75, 3.05) is 22.6 Å². The Hall–Kier alpha value is -0.870. The molecule has 0 aromatic heterocycles. The number of nitrogens with two attached hydrogens (primary N) is 1. The van der Waals surface area contributed by atoms with Crippen LogP contribution in [0.25, 0.3) is 0 Å². The number of benzene rings is 1. The van der Waals surface area contributed by atoms with Crippen LogP contribution in [0.4, 0.5) is 11.4 Å². The van der Waals surface area contributed by atoms with Gasteiger partial charge < -0.3 is 11.1 Å². The molecule has 1 atom stereocenters. The van der Waals surface area contributed by atoms with Gasteiger partial charge in [-0.15, -0.1) is 0 Å². The van der Waals surface area contributed by atoms with Gasteiger partial charge in [0, 0.05) is 16.7 Å². The van der Waals surface area contributed by atoms with E-state index in [1.54, 1.807) is 18.2 Å². The Bertz CT molecular complexity index is 405. The number of halogens is 1.